The van der Waals surface area contributed by atoms with E-state index in [0.29, 0.717) is 33.0 Å². The lowest BCUT2D eigenvalue weighted by Crippen LogP contribution is -1.98. The van der Waals surface area contributed by atoms with E-state index in [9.17, 15) is 10.1 Å². The molecule has 0 spiro atoms. The molecule has 0 unspecified atom stereocenters. The maximum absolute atomic E-state index is 11.5. The van der Waals surface area contributed by atoms with Gasteiger partial charge in [0.2, 0.25) is 0 Å². The number of nitrogen functional groups attached to an aromatic ring is 2. The van der Waals surface area contributed by atoms with Gasteiger partial charge < -0.3 is 11.5 Å². The van der Waals surface area contributed by atoms with Crippen LogP contribution in [0.5, 0.6) is 0 Å². The first kappa shape index (κ1) is 20.2. The topological polar surface area (TPSA) is 95.2 Å². The Hall–Kier alpha value is -3.52. The van der Waals surface area contributed by atoms with Crippen molar-refractivity contribution in [3.05, 3.63) is 87.0 Å². The molecule has 5 nitrogen and oxygen atoms in total. The standard InChI is InChI=1S/C22H15N3O2S2/c23-19-12-17(7-1-14-3-8-18(28)9-4-14)21(25(26)27)13-16(19)6-2-15-5-10-22(29)20(24)11-15/h3-5,8-13,28-29H,23-24H2. The summed E-state index contributed by atoms with van der Waals surface area (Å²) in [5, 5.41) is 11.5. The Bertz CT molecular complexity index is 1230. The first-order valence-corrected chi connectivity index (χ1v) is 9.22. The van der Waals surface area contributed by atoms with E-state index in [1.54, 1.807) is 42.5 Å². The lowest BCUT2D eigenvalue weighted by atomic mass is 10.1. The van der Waals surface area contributed by atoms with Crippen LogP contribution in [0.1, 0.15) is 22.3 Å². The summed E-state index contributed by atoms with van der Waals surface area (Å²) in [6, 6.07) is 15.1. The number of nitro groups is 1. The second-order valence-electron chi connectivity index (χ2n) is 6.03. The summed E-state index contributed by atoms with van der Waals surface area (Å²) in [5.41, 5.74) is 14.4. The number of benzene rings is 3. The van der Waals surface area contributed by atoms with Crippen molar-refractivity contribution in [2.75, 3.05) is 11.5 Å². The molecule has 0 saturated carbocycles. The van der Waals surface area contributed by atoms with Gasteiger partial charge in [-0.05, 0) is 48.5 Å². The Labute approximate surface area is 179 Å². The van der Waals surface area contributed by atoms with Gasteiger partial charge in [-0.1, -0.05) is 23.7 Å². The van der Waals surface area contributed by atoms with Gasteiger partial charge in [0.05, 0.1) is 10.5 Å². The molecule has 0 radical (unpaired) electrons. The Morgan fingerprint density at radius 1 is 0.759 bits per heavy atom. The van der Waals surface area contributed by atoms with Crippen LogP contribution in [0.4, 0.5) is 17.1 Å². The highest BCUT2D eigenvalue weighted by atomic mass is 32.1. The lowest BCUT2D eigenvalue weighted by molar-refractivity contribution is -0.385. The van der Waals surface area contributed by atoms with Crippen LogP contribution in [-0.2, 0) is 0 Å². The third-order valence-electron chi connectivity index (χ3n) is 3.94. The summed E-state index contributed by atoms with van der Waals surface area (Å²) >= 11 is 8.43. The van der Waals surface area contributed by atoms with Crippen molar-refractivity contribution < 1.29 is 4.92 Å². The molecule has 3 aromatic rings. The number of thiol groups is 2. The van der Waals surface area contributed by atoms with Gasteiger partial charge in [-0.2, -0.15) is 0 Å². The quantitative estimate of drug-likeness (QED) is 0.157. The third-order valence-corrected chi connectivity index (χ3v) is 4.65. The number of anilines is 2. The van der Waals surface area contributed by atoms with Crippen LogP contribution in [0, 0.1) is 33.8 Å². The predicted molar refractivity (Wildman–Crippen MR) is 121 cm³/mol. The molecule has 0 saturated heterocycles. The zero-order chi connectivity index (χ0) is 21.0. The number of nitro benzene ring substituents is 1. The van der Waals surface area contributed by atoms with Crippen LogP contribution in [0.25, 0.3) is 0 Å². The Morgan fingerprint density at radius 2 is 1.38 bits per heavy atom. The molecule has 0 heterocycles. The minimum Gasteiger partial charge on any atom is -0.398 e. The zero-order valence-corrected chi connectivity index (χ0v) is 16.8. The molecule has 0 aliphatic heterocycles. The average molecular weight is 418 g/mol. The largest absolute Gasteiger partial charge is 0.398 e. The molecule has 0 fully saturated rings. The van der Waals surface area contributed by atoms with Crippen molar-refractivity contribution in [2.24, 2.45) is 0 Å². The minimum atomic E-state index is -0.501. The number of nitrogens with zero attached hydrogens (tertiary/aromatic N) is 1. The lowest BCUT2D eigenvalue weighted by Gasteiger charge is -2.02. The number of rotatable bonds is 1. The zero-order valence-electron chi connectivity index (χ0n) is 15.0. The van der Waals surface area contributed by atoms with Gasteiger partial charge in [-0.25, -0.2) is 0 Å². The fourth-order valence-corrected chi connectivity index (χ4v) is 2.71. The van der Waals surface area contributed by atoms with Crippen molar-refractivity contribution >= 4 is 42.3 Å². The van der Waals surface area contributed by atoms with Crippen molar-refractivity contribution in [3.8, 4) is 23.7 Å². The smallest absolute Gasteiger partial charge is 0.286 e. The van der Waals surface area contributed by atoms with E-state index in [2.05, 4.69) is 48.9 Å². The van der Waals surface area contributed by atoms with Gasteiger partial charge in [0, 0.05) is 38.4 Å². The van der Waals surface area contributed by atoms with Crippen LogP contribution in [0.15, 0.2) is 64.4 Å². The van der Waals surface area contributed by atoms with E-state index >= 15 is 0 Å². The van der Waals surface area contributed by atoms with Gasteiger partial charge in [0.15, 0.2) is 0 Å². The van der Waals surface area contributed by atoms with Gasteiger partial charge in [0.1, 0.15) is 5.56 Å². The molecule has 0 aliphatic carbocycles. The second kappa shape index (κ2) is 8.66. The highest BCUT2D eigenvalue weighted by Crippen LogP contribution is 2.25. The highest BCUT2D eigenvalue weighted by Gasteiger charge is 2.15. The van der Waals surface area contributed by atoms with Crippen LogP contribution >= 0.6 is 25.3 Å². The van der Waals surface area contributed by atoms with Gasteiger partial charge >= 0.3 is 0 Å². The molecular weight excluding hydrogens is 402 g/mol. The number of hydrogen-bond donors (Lipinski definition) is 4. The van der Waals surface area contributed by atoms with E-state index in [0.717, 1.165) is 4.90 Å². The predicted octanol–water partition coefficient (Wildman–Crippen LogP) is 4.14. The summed E-state index contributed by atoms with van der Waals surface area (Å²) in [6.07, 6.45) is 0. The fourth-order valence-electron chi connectivity index (χ4n) is 2.42. The molecule has 3 rings (SSSR count). The molecule has 0 bridgehead atoms. The van der Waals surface area contributed by atoms with Crippen molar-refractivity contribution in [1.82, 2.24) is 0 Å². The molecule has 7 heteroatoms. The van der Waals surface area contributed by atoms with Gasteiger partial charge in [-0.15, -0.1) is 25.3 Å². The van der Waals surface area contributed by atoms with Crippen molar-refractivity contribution in [1.29, 1.82) is 0 Å². The molecule has 0 amide bonds. The first-order chi connectivity index (χ1) is 13.8. The number of nitrogens with two attached hydrogens (primary N) is 2. The molecule has 29 heavy (non-hydrogen) atoms. The van der Waals surface area contributed by atoms with E-state index < -0.39 is 4.92 Å². The van der Waals surface area contributed by atoms with Crippen LogP contribution in [0.2, 0.25) is 0 Å². The molecular formula is C22H15N3O2S2. The van der Waals surface area contributed by atoms with Crippen LogP contribution in [-0.4, -0.2) is 4.92 Å². The van der Waals surface area contributed by atoms with Crippen molar-refractivity contribution in [2.45, 2.75) is 9.79 Å². The summed E-state index contributed by atoms with van der Waals surface area (Å²) in [6.45, 7) is 0. The van der Waals surface area contributed by atoms with E-state index in [-0.39, 0.29) is 11.3 Å². The molecule has 0 aliphatic rings. The Morgan fingerprint density at radius 3 is 2.03 bits per heavy atom. The molecule has 0 atom stereocenters. The van der Waals surface area contributed by atoms with Crippen LogP contribution in [0.3, 0.4) is 0 Å². The number of hydrogen-bond acceptors (Lipinski definition) is 6. The molecule has 142 valence electrons. The van der Waals surface area contributed by atoms with Gasteiger partial charge in [-0.3, -0.25) is 10.1 Å². The summed E-state index contributed by atoms with van der Waals surface area (Å²) < 4.78 is 0. The monoisotopic (exact) mass is 417 g/mol. The summed E-state index contributed by atoms with van der Waals surface area (Å²) in [7, 11) is 0. The average Bonchev–Trinajstić information content (AvgIpc) is 2.69. The Kier molecular flexibility index (Phi) is 6.04. The fraction of sp³-hybridized carbons (Fsp3) is 0. The summed E-state index contributed by atoms with van der Waals surface area (Å²) in [4.78, 5) is 12.5. The van der Waals surface area contributed by atoms with E-state index in [4.69, 9.17) is 11.5 Å². The molecule has 0 aromatic heterocycles. The second-order valence-corrected chi connectivity index (χ2v) is 7.03. The summed E-state index contributed by atoms with van der Waals surface area (Å²) in [5.74, 6) is 11.5. The maximum Gasteiger partial charge on any atom is 0.286 e. The van der Waals surface area contributed by atoms with E-state index in [1.165, 1.54) is 12.1 Å². The van der Waals surface area contributed by atoms with Crippen molar-refractivity contribution in [3.63, 3.8) is 0 Å². The Balaban J connectivity index is 1.99. The molecule has 4 N–H and O–H groups in total. The maximum atomic E-state index is 11.5. The normalized spacial score (nSPS) is 9.72. The van der Waals surface area contributed by atoms with Crippen LogP contribution < -0.4 is 11.5 Å². The SMILES string of the molecule is Nc1cc(C#Cc2cc([N+](=O)[O-])c(C#Cc3ccc(S)cc3)cc2N)ccc1S. The van der Waals surface area contributed by atoms with Gasteiger partial charge in [0.25, 0.3) is 5.69 Å². The third kappa shape index (κ3) is 5.05. The van der Waals surface area contributed by atoms with E-state index in [1.807, 2.05) is 0 Å². The highest BCUT2D eigenvalue weighted by molar-refractivity contribution is 7.80. The minimum absolute atomic E-state index is 0.160. The molecule has 3 aromatic carbocycles. The first-order valence-electron chi connectivity index (χ1n) is 8.33.